The van der Waals surface area contributed by atoms with Gasteiger partial charge in [-0.25, -0.2) is 0 Å². The van der Waals surface area contributed by atoms with Crippen molar-refractivity contribution in [3.63, 3.8) is 0 Å². The third-order valence-electron chi connectivity index (χ3n) is 3.13. The second kappa shape index (κ2) is 11.7. The molecule has 0 bridgehead atoms. The monoisotopic (exact) mass is 249 g/mol. The van der Waals surface area contributed by atoms with Crippen LogP contribution in [-0.2, 0) is 4.74 Å². The molecule has 0 amide bonds. The first kappa shape index (κ1) is 16.2. The minimum atomic E-state index is 0.670. The third kappa shape index (κ3) is 8.37. The van der Waals surface area contributed by atoms with E-state index in [1.54, 1.807) is 7.11 Å². The molecule has 0 rings (SSSR count). The Labute approximate surface area is 106 Å². The van der Waals surface area contributed by atoms with Gasteiger partial charge in [0.2, 0.25) is 0 Å². The summed E-state index contributed by atoms with van der Waals surface area (Å²) in [6.07, 6.45) is 6.22. The van der Waals surface area contributed by atoms with Crippen molar-refractivity contribution in [2.45, 2.75) is 52.0 Å². The molecule has 3 heteroatoms. The average molecular weight is 250 g/mol. The summed E-state index contributed by atoms with van der Waals surface area (Å²) in [5, 5.41) is 0. The average Bonchev–Trinajstić information content (AvgIpc) is 2.31. The lowest BCUT2D eigenvalue weighted by Crippen LogP contribution is -2.36. The van der Waals surface area contributed by atoms with Crippen molar-refractivity contribution in [2.75, 3.05) is 32.7 Å². The Morgan fingerprint density at radius 1 is 1.12 bits per heavy atom. The number of unbranched alkanes of at least 4 members (excludes halogenated alkanes) is 3. The molecule has 0 saturated carbocycles. The second-order valence-electron chi connectivity index (χ2n) is 4.39. The number of alkyl halides is 1. The van der Waals surface area contributed by atoms with E-state index in [1.165, 1.54) is 32.2 Å². The molecule has 0 spiro atoms. The maximum absolute atomic E-state index is 5.66. The van der Waals surface area contributed by atoms with E-state index in [9.17, 15) is 0 Å². The molecule has 0 heterocycles. The van der Waals surface area contributed by atoms with E-state index in [0.717, 1.165) is 25.5 Å². The lowest BCUT2D eigenvalue weighted by Gasteiger charge is -2.28. The molecule has 0 fully saturated rings. The summed E-state index contributed by atoms with van der Waals surface area (Å²) < 4.78 is 5.15. The Morgan fingerprint density at radius 2 is 1.81 bits per heavy atom. The summed E-state index contributed by atoms with van der Waals surface area (Å²) in [4.78, 5) is 2.53. The molecule has 0 aliphatic heterocycles. The highest BCUT2D eigenvalue weighted by molar-refractivity contribution is 6.17. The van der Waals surface area contributed by atoms with Crippen molar-refractivity contribution < 1.29 is 4.74 Å². The topological polar surface area (TPSA) is 12.5 Å². The van der Waals surface area contributed by atoms with E-state index in [2.05, 4.69) is 18.7 Å². The van der Waals surface area contributed by atoms with Gasteiger partial charge in [0.05, 0.1) is 6.61 Å². The van der Waals surface area contributed by atoms with Crippen LogP contribution in [0.3, 0.4) is 0 Å². The highest BCUT2D eigenvalue weighted by Gasteiger charge is 2.10. The Kier molecular flexibility index (Phi) is 11.8. The van der Waals surface area contributed by atoms with Gasteiger partial charge in [-0.3, -0.25) is 4.90 Å². The number of hydrogen-bond donors (Lipinski definition) is 0. The van der Waals surface area contributed by atoms with Crippen LogP contribution in [0.1, 0.15) is 46.0 Å². The van der Waals surface area contributed by atoms with Crippen molar-refractivity contribution in [2.24, 2.45) is 0 Å². The van der Waals surface area contributed by atoms with Crippen LogP contribution < -0.4 is 0 Å². The molecule has 0 N–H and O–H groups in total. The summed E-state index contributed by atoms with van der Waals surface area (Å²) in [5.41, 5.74) is 0. The Hall–Kier alpha value is 0.210. The molecule has 2 nitrogen and oxygen atoms in total. The highest BCUT2D eigenvalue weighted by atomic mass is 35.5. The van der Waals surface area contributed by atoms with E-state index in [1.807, 2.05) is 0 Å². The molecule has 1 atom stereocenters. The molecule has 0 aromatic carbocycles. The van der Waals surface area contributed by atoms with Crippen LogP contribution in [0.4, 0.5) is 0 Å². The zero-order valence-electron chi connectivity index (χ0n) is 11.2. The third-order valence-corrected chi connectivity index (χ3v) is 3.39. The van der Waals surface area contributed by atoms with Gasteiger partial charge < -0.3 is 4.74 Å². The number of ether oxygens (including phenoxy) is 1. The number of hydrogen-bond acceptors (Lipinski definition) is 2. The number of methoxy groups -OCH3 is 1. The van der Waals surface area contributed by atoms with E-state index >= 15 is 0 Å². The summed E-state index contributed by atoms with van der Waals surface area (Å²) >= 11 is 5.66. The van der Waals surface area contributed by atoms with Gasteiger partial charge >= 0.3 is 0 Å². The number of halogens is 1. The fourth-order valence-electron chi connectivity index (χ4n) is 1.78. The molecule has 0 aromatic rings. The zero-order valence-corrected chi connectivity index (χ0v) is 11.9. The van der Waals surface area contributed by atoms with Crippen molar-refractivity contribution in [1.29, 1.82) is 0 Å². The number of rotatable bonds is 11. The minimum Gasteiger partial charge on any atom is -0.383 e. The van der Waals surface area contributed by atoms with Crippen molar-refractivity contribution >= 4 is 11.6 Å². The van der Waals surface area contributed by atoms with Crippen LogP contribution in [0.2, 0.25) is 0 Å². The van der Waals surface area contributed by atoms with E-state index in [0.29, 0.717) is 6.04 Å². The van der Waals surface area contributed by atoms with Crippen LogP contribution in [-0.4, -0.2) is 43.6 Å². The normalized spacial score (nSPS) is 13.3. The lowest BCUT2D eigenvalue weighted by molar-refractivity contribution is 0.121. The number of nitrogens with zero attached hydrogens (tertiary/aromatic N) is 1. The summed E-state index contributed by atoms with van der Waals surface area (Å²) in [7, 11) is 1.77. The van der Waals surface area contributed by atoms with Gasteiger partial charge in [0.1, 0.15) is 0 Å². The first-order valence-corrected chi connectivity index (χ1v) is 7.08. The highest BCUT2D eigenvalue weighted by Crippen LogP contribution is 2.07. The summed E-state index contributed by atoms with van der Waals surface area (Å²) in [6, 6.07) is 0.670. The summed E-state index contributed by atoms with van der Waals surface area (Å²) in [5.74, 6) is 0.804. The standard InChI is InChI=1S/C13H28ClNO/c1-4-13(2)15(11-12-16-3)10-8-6-5-7-9-14/h13H,4-12H2,1-3H3. The Balaban J connectivity index is 3.65. The zero-order chi connectivity index (χ0) is 12.2. The predicted molar refractivity (Wildman–Crippen MR) is 72.4 cm³/mol. The van der Waals surface area contributed by atoms with Gasteiger partial charge in [0, 0.05) is 25.6 Å². The molecule has 1 unspecified atom stereocenters. The maximum Gasteiger partial charge on any atom is 0.0589 e. The van der Waals surface area contributed by atoms with Crippen LogP contribution in [0.5, 0.6) is 0 Å². The van der Waals surface area contributed by atoms with Crippen molar-refractivity contribution in [3.05, 3.63) is 0 Å². The van der Waals surface area contributed by atoms with E-state index < -0.39 is 0 Å². The van der Waals surface area contributed by atoms with Gasteiger partial charge in [-0.2, -0.15) is 0 Å². The maximum atomic E-state index is 5.66. The van der Waals surface area contributed by atoms with Crippen molar-refractivity contribution in [3.8, 4) is 0 Å². The quantitative estimate of drug-likeness (QED) is 0.410. The minimum absolute atomic E-state index is 0.670. The molecule has 0 aliphatic rings. The van der Waals surface area contributed by atoms with Gasteiger partial charge in [-0.05, 0) is 32.7 Å². The molecule has 0 aliphatic carbocycles. The smallest absolute Gasteiger partial charge is 0.0589 e. The van der Waals surface area contributed by atoms with E-state index in [-0.39, 0.29) is 0 Å². The largest absolute Gasteiger partial charge is 0.383 e. The predicted octanol–water partition coefficient (Wildman–Crippen LogP) is 3.53. The van der Waals surface area contributed by atoms with Gasteiger partial charge in [-0.15, -0.1) is 11.6 Å². The molecule has 16 heavy (non-hydrogen) atoms. The Morgan fingerprint density at radius 3 is 2.38 bits per heavy atom. The molecule has 0 aromatic heterocycles. The van der Waals surface area contributed by atoms with Crippen LogP contribution >= 0.6 is 11.6 Å². The molecular formula is C13H28ClNO. The fraction of sp³-hybridized carbons (Fsp3) is 1.00. The molecule has 0 saturated heterocycles. The lowest BCUT2D eigenvalue weighted by atomic mass is 10.1. The van der Waals surface area contributed by atoms with Crippen LogP contribution in [0.15, 0.2) is 0 Å². The van der Waals surface area contributed by atoms with Crippen LogP contribution in [0, 0.1) is 0 Å². The molecule has 0 radical (unpaired) electrons. The van der Waals surface area contributed by atoms with Gasteiger partial charge in [-0.1, -0.05) is 19.8 Å². The molecule has 98 valence electrons. The molecular weight excluding hydrogens is 222 g/mol. The second-order valence-corrected chi connectivity index (χ2v) is 4.77. The van der Waals surface area contributed by atoms with Gasteiger partial charge in [0.25, 0.3) is 0 Å². The summed E-state index contributed by atoms with van der Waals surface area (Å²) in [6.45, 7) is 7.64. The van der Waals surface area contributed by atoms with Crippen molar-refractivity contribution in [1.82, 2.24) is 4.90 Å². The SMILES string of the molecule is CCC(C)N(CCCCCCCl)CCOC. The first-order valence-electron chi connectivity index (χ1n) is 6.55. The van der Waals surface area contributed by atoms with Gasteiger partial charge in [0.15, 0.2) is 0 Å². The fourth-order valence-corrected chi connectivity index (χ4v) is 1.97. The van der Waals surface area contributed by atoms with E-state index in [4.69, 9.17) is 16.3 Å². The van der Waals surface area contributed by atoms with Crippen LogP contribution in [0.25, 0.3) is 0 Å². The first-order chi connectivity index (χ1) is 7.76. The Bertz CT molecular complexity index is 144.